The highest BCUT2D eigenvalue weighted by Gasteiger charge is 2.38. The van der Waals surface area contributed by atoms with E-state index in [2.05, 4.69) is 5.32 Å². The third-order valence-corrected chi connectivity index (χ3v) is 3.46. The summed E-state index contributed by atoms with van der Waals surface area (Å²) in [6, 6.07) is 9.50. The molecule has 1 fully saturated rings. The van der Waals surface area contributed by atoms with E-state index in [1.54, 1.807) is 0 Å². The molecule has 1 aliphatic carbocycles. The molecular formula is C14H18FNO2. The Morgan fingerprint density at radius 1 is 1.33 bits per heavy atom. The fourth-order valence-corrected chi connectivity index (χ4v) is 2.20. The lowest BCUT2D eigenvalue weighted by molar-refractivity contribution is 0.0994. The highest BCUT2D eigenvalue weighted by molar-refractivity contribution is 5.68. The summed E-state index contributed by atoms with van der Waals surface area (Å²) in [5, 5.41) is 2.80. The lowest BCUT2D eigenvalue weighted by Crippen LogP contribution is -2.53. The molecule has 1 aromatic rings. The topological polar surface area (TPSA) is 38.3 Å². The van der Waals surface area contributed by atoms with Crippen LogP contribution in [0.4, 0.5) is 9.18 Å². The van der Waals surface area contributed by atoms with E-state index in [9.17, 15) is 9.18 Å². The molecule has 0 aliphatic heterocycles. The first-order valence-electron chi connectivity index (χ1n) is 6.29. The minimum absolute atomic E-state index is 0.248. The van der Waals surface area contributed by atoms with Crippen LogP contribution in [0.2, 0.25) is 0 Å². The van der Waals surface area contributed by atoms with Gasteiger partial charge >= 0.3 is 6.09 Å². The van der Waals surface area contributed by atoms with E-state index in [4.69, 9.17) is 4.74 Å². The van der Waals surface area contributed by atoms with Crippen molar-refractivity contribution in [3.8, 4) is 0 Å². The smallest absolute Gasteiger partial charge is 0.407 e. The number of nitrogens with one attached hydrogen (secondary N) is 1. The van der Waals surface area contributed by atoms with Crippen LogP contribution >= 0.6 is 0 Å². The van der Waals surface area contributed by atoms with Crippen LogP contribution in [-0.2, 0) is 11.3 Å². The fourth-order valence-electron chi connectivity index (χ4n) is 2.20. The number of hydrogen-bond acceptors (Lipinski definition) is 2. The van der Waals surface area contributed by atoms with Gasteiger partial charge < -0.3 is 10.1 Å². The summed E-state index contributed by atoms with van der Waals surface area (Å²) in [5.74, 6) is 0. The van der Waals surface area contributed by atoms with Gasteiger partial charge in [0.25, 0.3) is 0 Å². The van der Waals surface area contributed by atoms with Gasteiger partial charge in [-0.05, 0) is 31.2 Å². The van der Waals surface area contributed by atoms with E-state index in [0.717, 1.165) is 24.8 Å². The van der Waals surface area contributed by atoms with Crippen LogP contribution < -0.4 is 5.32 Å². The van der Waals surface area contributed by atoms with Gasteiger partial charge in [-0.25, -0.2) is 4.79 Å². The van der Waals surface area contributed by atoms with Crippen LogP contribution in [0.3, 0.4) is 0 Å². The Hall–Kier alpha value is -1.58. The maximum Gasteiger partial charge on any atom is 0.407 e. The molecule has 0 spiro atoms. The monoisotopic (exact) mass is 251 g/mol. The van der Waals surface area contributed by atoms with Gasteiger partial charge in [-0.1, -0.05) is 30.3 Å². The van der Waals surface area contributed by atoms with Crippen molar-refractivity contribution in [3.63, 3.8) is 0 Å². The maximum atomic E-state index is 12.4. The van der Waals surface area contributed by atoms with Gasteiger partial charge in [0.05, 0.1) is 6.67 Å². The molecule has 1 amide bonds. The highest BCUT2D eigenvalue weighted by atomic mass is 19.1. The second-order valence-corrected chi connectivity index (χ2v) is 4.76. The van der Waals surface area contributed by atoms with Crippen molar-refractivity contribution in [3.05, 3.63) is 35.9 Å². The number of carbonyl (C=O) groups excluding carboxylic acids is 1. The molecule has 2 rings (SSSR count). The Balaban J connectivity index is 1.78. The summed E-state index contributed by atoms with van der Waals surface area (Å²) in [4.78, 5) is 11.6. The van der Waals surface area contributed by atoms with Crippen LogP contribution in [0.15, 0.2) is 30.3 Å². The van der Waals surface area contributed by atoms with Gasteiger partial charge in [-0.2, -0.15) is 0 Å². The van der Waals surface area contributed by atoms with Crippen molar-refractivity contribution in [1.29, 1.82) is 0 Å². The molecule has 0 bridgehead atoms. The largest absolute Gasteiger partial charge is 0.445 e. The summed E-state index contributed by atoms with van der Waals surface area (Å²) < 4.78 is 17.6. The number of halogens is 1. The molecule has 0 aromatic heterocycles. The van der Waals surface area contributed by atoms with E-state index >= 15 is 0 Å². The molecule has 0 unspecified atom stereocenters. The third-order valence-electron chi connectivity index (χ3n) is 3.46. The van der Waals surface area contributed by atoms with Crippen LogP contribution in [0.5, 0.6) is 0 Å². The molecule has 1 aliphatic rings. The van der Waals surface area contributed by atoms with Gasteiger partial charge in [0.1, 0.15) is 6.61 Å². The summed E-state index contributed by atoms with van der Waals surface area (Å²) in [5.41, 5.74) is 0.587. The Labute approximate surface area is 106 Å². The summed E-state index contributed by atoms with van der Waals surface area (Å²) in [6.45, 7) is -0.155. The molecule has 3 nitrogen and oxygen atoms in total. The first-order chi connectivity index (χ1) is 8.74. The van der Waals surface area contributed by atoms with Crippen molar-refractivity contribution >= 4 is 6.09 Å². The summed E-state index contributed by atoms with van der Waals surface area (Å²) >= 11 is 0. The Morgan fingerprint density at radius 2 is 2.06 bits per heavy atom. The van der Waals surface area contributed by atoms with Crippen LogP contribution in [0.25, 0.3) is 0 Å². The van der Waals surface area contributed by atoms with Crippen molar-refractivity contribution in [1.82, 2.24) is 5.32 Å². The fraction of sp³-hybridized carbons (Fsp3) is 0.500. The summed E-state index contributed by atoms with van der Waals surface area (Å²) in [7, 11) is 0. The average Bonchev–Trinajstić information content (AvgIpc) is 2.35. The number of alkyl carbamates (subject to hydrolysis) is 1. The van der Waals surface area contributed by atoms with E-state index in [1.807, 2.05) is 30.3 Å². The van der Waals surface area contributed by atoms with Gasteiger partial charge in [-0.15, -0.1) is 0 Å². The Bertz CT molecular complexity index is 390. The minimum atomic E-state index is -0.452. The average molecular weight is 251 g/mol. The Morgan fingerprint density at radius 3 is 2.61 bits per heavy atom. The van der Waals surface area contributed by atoms with Crippen LogP contribution in [0.1, 0.15) is 31.2 Å². The number of benzene rings is 1. The van der Waals surface area contributed by atoms with E-state index in [1.165, 1.54) is 0 Å². The maximum absolute atomic E-state index is 12.4. The number of alkyl halides is 1. The lowest BCUT2D eigenvalue weighted by Gasteiger charge is -2.41. The summed E-state index contributed by atoms with van der Waals surface area (Å²) in [6.07, 6.45) is 2.66. The minimum Gasteiger partial charge on any atom is -0.445 e. The van der Waals surface area contributed by atoms with Gasteiger partial charge in [-0.3, -0.25) is 4.39 Å². The molecule has 0 atom stereocenters. The number of hydrogen-bond donors (Lipinski definition) is 1. The molecule has 98 valence electrons. The molecule has 0 heterocycles. The zero-order chi connectivity index (χ0) is 12.8. The third kappa shape index (κ3) is 3.22. The predicted octanol–water partition coefficient (Wildman–Crippen LogP) is 3.20. The second-order valence-electron chi connectivity index (χ2n) is 4.76. The second kappa shape index (κ2) is 5.85. The molecule has 1 saturated carbocycles. The Kier molecular flexibility index (Phi) is 4.18. The zero-order valence-corrected chi connectivity index (χ0v) is 10.3. The first kappa shape index (κ1) is 12.9. The lowest BCUT2D eigenvalue weighted by atomic mass is 9.75. The van der Waals surface area contributed by atoms with Crippen LogP contribution in [0, 0.1) is 0 Å². The molecule has 18 heavy (non-hydrogen) atoms. The molecule has 4 heteroatoms. The quantitative estimate of drug-likeness (QED) is 0.872. The molecule has 0 radical (unpaired) electrons. The van der Waals surface area contributed by atoms with E-state index in [0.29, 0.717) is 6.42 Å². The standard InChI is InChI=1S/C14H18FNO2/c15-10-9-14(7-4-8-14)16-13(17)18-11-12-5-2-1-3-6-12/h1-3,5-6H,4,7-11H2,(H,16,17). The predicted molar refractivity (Wildman–Crippen MR) is 66.9 cm³/mol. The van der Waals surface area contributed by atoms with E-state index < -0.39 is 12.8 Å². The SMILES string of the molecule is O=C(NC1(CCF)CCC1)OCc1ccccc1. The normalized spacial score (nSPS) is 16.7. The van der Waals surface area contributed by atoms with Crippen molar-refractivity contribution in [2.45, 2.75) is 37.8 Å². The van der Waals surface area contributed by atoms with Gasteiger partial charge in [0.2, 0.25) is 0 Å². The van der Waals surface area contributed by atoms with Crippen molar-refractivity contribution in [2.24, 2.45) is 0 Å². The first-order valence-corrected chi connectivity index (χ1v) is 6.29. The van der Waals surface area contributed by atoms with Crippen molar-refractivity contribution < 1.29 is 13.9 Å². The number of amides is 1. The van der Waals surface area contributed by atoms with E-state index in [-0.39, 0.29) is 12.1 Å². The molecule has 1 N–H and O–H groups in total. The van der Waals surface area contributed by atoms with Crippen LogP contribution in [-0.4, -0.2) is 18.3 Å². The number of rotatable bonds is 5. The molecular weight excluding hydrogens is 233 g/mol. The molecule has 0 saturated heterocycles. The zero-order valence-electron chi connectivity index (χ0n) is 10.3. The van der Waals surface area contributed by atoms with Gasteiger partial charge in [0.15, 0.2) is 0 Å². The number of carbonyl (C=O) groups is 1. The number of ether oxygens (including phenoxy) is 1. The highest BCUT2D eigenvalue weighted by Crippen LogP contribution is 2.35. The molecule has 1 aromatic carbocycles. The van der Waals surface area contributed by atoms with Crippen molar-refractivity contribution in [2.75, 3.05) is 6.67 Å². The van der Waals surface area contributed by atoms with Gasteiger partial charge in [0, 0.05) is 5.54 Å².